The molecule has 0 spiro atoms. The topological polar surface area (TPSA) is 26.0 Å². The van der Waals surface area contributed by atoms with Crippen LogP contribution >= 0.6 is 35.0 Å². The van der Waals surface area contributed by atoms with Gasteiger partial charge in [0.05, 0.1) is 0 Å². The van der Waals surface area contributed by atoms with Gasteiger partial charge in [-0.3, -0.25) is 0 Å². The van der Waals surface area contributed by atoms with E-state index in [4.69, 9.17) is 5.73 Å². The van der Waals surface area contributed by atoms with E-state index in [1.54, 1.807) is 0 Å². The summed E-state index contributed by atoms with van der Waals surface area (Å²) in [6.45, 7) is 2.16. The molecule has 0 saturated heterocycles. The number of hydrogen-bond donors (Lipinski definition) is 1. The van der Waals surface area contributed by atoms with Crippen molar-refractivity contribution in [3.8, 4) is 0 Å². The Morgan fingerprint density at radius 2 is 2.15 bits per heavy atom. The van der Waals surface area contributed by atoms with Gasteiger partial charge in [0.15, 0.2) is 0 Å². The van der Waals surface area contributed by atoms with Gasteiger partial charge in [-0.2, -0.15) is 0 Å². The highest BCUT2D eigenvalue weighted by atomic mass is 127. The third-order valence-corrected chi connectivity index (χ3v) is 2.55. The summed E-state index contributed by atoms with van der Waals surface area (Å²) in [6, 6.07) is 8.61. The maximum absolute atomic E-state index is 5.97. The Balaban J connectivity index is 0.00000144. The zero-order valence-electron chi connectivity index (χ0n) is 7.66. The maximum Gasteiger partial charge on any atom is 0.0295 e. The molecule has 0 radical (unpaired) electrons. The molecular formula is C10H15ClIN. The molecule has 1 nitrogen and oxygen atoms in total. The van der Waals surface area contributed by atoms with Crippen LogP contribution in [-0.2, 0) is 0 Å². The van der Waals surface area contributed by atoms with Crippen molar-refractivity contribution < 1.29 is 0 Å². The Bertz CT molecular complexity index is 252. The first-order valence-corrected chi connectivity index (χ1v) is 5.33. The molecule has 0 fully saturated rings. The van der Waals surface area contributed by atoms with Crippen molar-refractivity contribution in [2.75, 3.05) is 0 Å². The smallest absolute Gasteiger partial charge is 0.0295 e. The van der Waals surface area contributed by atoms with Gasteiger partial charge in [0.2, 0.25) is 0 Å². The van der Waals surface area contributed by atoms with E-state index in [0.29, 0.717) is 0 Å². The van der Waals surface area contributed by atoms with Crippen LogP contribution < -0.4 is 5.73 Å². The van der Waals surface area contributed by atoms with Crippen LogP contribution in [0.3, 0.4) is 0 Å². The van der Waals surface area contributed by atoms with E-state index in [2.05, 4.69) is 53.8 Å². The molecule has 1 aromatic carbocycles. The lowest BCUT2D eigenvalue weighted by molar-refractivity contribution is 0.638. The molecule has 0 aliphatic carbocycles. The molecule has 1 aromatic rings. The van der Waals surface area contributed by atoms with E-state index in [-0.39, 0.29) is 18.4 Å². The Hall–Kier alpha value is 0.200. The average molecular weight is 312 g/mol. The van der Waals surface area contributed by atoms with Gasteiger partial charge in [0, 0.05) is 9.61 Å². The van der Waals surface area contributed by atoms with Crippen molar-refractivity contribution in [2.24, 2.45) is 5.73 Å². The van der Waals surface area contributed by atoms with E-state index in [0.717, 1.165) is 12.8 Å². The molecule has 0 aromatic heterocycles. The van der Waals surface area contributed by atoms with Crippen LogP contribution in [0.4, 0.5) is 0 Å². The molecule has 0 aliphatic heterocycles. The fraction of sp³-hybridized carbons (Fsp3) is 0.400. The second-order valence-electron chi connectivity index (χ2n) is 2.95. The van der Waals surface area contributed by atoms with E-state index >= 15 is 0 Å². The number of benzene rings is 1. The molecule has 0 aliphatic rings. The molecule has 74 valence electrons. The predicted octanol–water partition coefficient (Wildman–Crippen LogP) is 3.51. The van der Waals surface area contributed by atoms with Crippen molar-refractivity contribution in [2.45, 2.75) is 25.8 Å². The molecule has 0 saturated carbocycles. The van der Waals surface area contributed by atoms with Crippen molar-refractivity contribution in [1.82, 2.24) is 0 Å². The van der Waals surface area contributed by atoms with Crippen LogP contribution in [0.15, 0.2) is 24.3 Å². The van der Waals surface area contributed by atoms with Crippen molar-refractivity contribution >= 4 is 35.0 Å². The van der Waals surface area contributed by atoms with Gasteiger partial charge >= 0.3 is 0 Å². The van der Waals surface area contributed by atoms with Gasteiger partial charge in [0.25, 0.3) is 0 Å². The molecule has 0 bridgehead atoms. The first-order chi connectivity index (χ1) is 5.74. The Labute approximate surface area is 99.6 Å². The third kappa shape index (κ3) is 4.29. The number of hydrogen-bond acceptors (Lipinski definition) is 1. The van der Waals surface area contributed by atoms with Gasteiger partial charge < -0.3 is 5.73 Å². The minimum absolute atomic E-state index is 0. The number of rotatable bonds is 3. The highest BCUT2D eigenvalue weighted by Gasteiger charge is 2.03. The molecule has 1 rings (SSSR count). The molecule has 13 heavy (non-hydrogen) atoms. The summed E-state index contributed by atoms with van der Waals surface area (Å²) in [6.07, 6.45) is 2.22. The van der Waals surface area contributed by atoms with Crippen molar-refractivity contribution in [1.29, 1.82) is 0 Å². The monoisotopic (exact) mass is 311 g/mol. The predicted molar refractivity (Wildman–Crippen MR) is 68.2 cm³/mol. The number of halogens is 2. The quantitative estimate of drug-likeness (QED) is 0.849. The summed E-state index contributed by atoms with van der Waals surface area (Å²) in [4.78, 5) is 0. The largest absolute Gasteiger partial charge is 0.324 e. The van der Waals surface area contributed by atoms with Crippen LogP contribution in [0.2, 0.25) is 0 Å². The minimum atomic E-state index is 0. The summed E-state index contributed by atoms with van der Waals surface area (Å²) < 4.78 is 1.26. The normalized spacial score (nSPS) is 11.9. The summed E-state index contributed by atoms with van der Waals surface area (Å²) in [7, 11) is 0. The first-order valence-electron chi connectivity index (χ1n) is 4.25. The van der Waals surface area contributed by atoms with Crippen LogP contribution in [-0.4, -0.2) is 0 Å². The van der Waals surface area contributed by atoms with Gasteiger partial charge in [-0.05, 0) is 46.7 Å². The van der Waals surface area contributed by atoms with Crippen LogP contribution in [0.25, 0.3) is 0 Å². The third-order valence-electron chi connectivity index (χ3n) is 1.88. The fourth-order valence-electron chi connectivity index (χ4n) is 1.21. The molecule has 0 amide bonds. The van der Waals surface area contributed by atoms with Gasteiger partial charge in [-0.25, -0.2) is 0 Å². The fourth-order valence-corrected chi connectivity index (χ4v) is 1.78. The minimum Gasteiger partial charge on any atom is -0.324 e. The highest BCUT2D eigenvalue weighted by molar-refractivity contribution is 14.1. The van der Waals surface area contributed by atoms with E-state index < -0.39 is 0 Å². The van der Waals surface area contributed by atoms with Gasteiger partial charge in [-0.15, -0.1) is 12.4 Å². The molecule has 0 heterocycles. The SMILES string of the molecule is CCC[C@H](N)c1cccc(I)c1.Cl. The van der Waals surface area contributed by atoms with Crippen LogP contribution in [0, 0.1) is 3.57 Å². The van der Waals surface area contributed by atoms with Crippen molar-refractivity contribution in [3.05, 3.63) is 33.4 Å². The summed E-state index contributed by atoms with van der Waals surface area (Å²) in [5.41, 5.74) is 7.22. The second-order valence-corrected chi connectivity index (χ2v) is 4.20. The Morgan fingerprint density at radius 1 is 1.46 bits per heavy atom. The average Bonchev–Trinajstić information content (AvgIpc) is 2.05. The molecule has 1 atom stereocenters. The number of nitrogens with two attached hydrogens (primary N) is 1. The standard InChI is InChI=1S/C10H14IN.ClH/c1-2-4-10(12)8-5-3-6-9(11)7-8;/h3,5-7,10H,2,4,12H2,1H3;1H/t10-;/m0./s1. The summed E-state index contributed by atoms with van der Waals surface area (Å²) in [5.74, 6) is 0. The lowest BCUT2D eigenvalue weighted by Crippen LogP contribution is -2.09. The summed E-state index contributed by atoms with van der Waals surface area (Å²) in [5, 5.41) is 0. The lowest BCUT2D eigenvalue weighted by atomic mass is 10.0. The van der Waals surface area contributed by atoms with Crippen molar-refractivity contribution in [3.63, 3.8) is 0 Å². The second kappa shape index (κ2) is 6.62. The van der Waals surface area contributed by atoms with Gasteiger partial charge in [-0.1, -0.05) is 25.5 Å². The van der Waals surface area contributed by atoms with E-state index in [1.807, 2.05) is 0 Å². The zero-order chi connectivity index (χ0) is 8.97. The Kier molecular flexibility index (Phi) is 6.73. The van der Waals surface area contributed by atoms with E-state index in [9.17, 15) is 0 Å². The molecule has 3 heteroatoms. The molecular weight excluding hydrogens is 296 g/mol. The zero-order valence-corrected chi connectivity index (χ0v) is 10.6. The van der Waals surface area contributed by atoms with Crippen LogP contribution in [0.1, 0.15) is 31.4 Å². The lowest BCUT2D eigenvalue weighted by Gasteiger charge is -2.10. The van der Waals surface area contributed by atoms with E-state index in [1.165, 1.54) is 9.13 Å². The Morgan fingerprint density at radius 3 is 2.69 bits per heavy atom. The first kappa shape index (κ1) is 13.2. The van der Waals surface area contributed by atoms with Gasteiger partial charge in [0.1, 0.15) is 0 Å². The molecule has 0 unspecified atom stereocenters. The highest BCUT2D eigenvalue weighted by Crippen LogP contribution is 2.17. The summed E-state index contributed by atoms with van der Waals surface area (Å²) >= 11 is 2.31. The van der Waals surface area contributed by atoms with Crippen LogP contribution in [0.5, 0.6) is 0 Å². The maximum atomic E-state index is 5.97. The molecule has 2 N–H and O–H groups in total.